The SMILES string of the molecule is C[N+](C)(C)CCOP(=O)([O-])OCCCCCCCCCCCCCCCCCCc1ccc(NC(=O)CCCCOCc2ccccc2)cc1. The van der Waals surface area contributed by atoms with E-state index < -0.39 is 7.82 Å². The van der Waals surface area contributed by atoms with Crippen LogP contribution in [0.15, 0.2) is 54.6 Å². The van der Waals surface area contributed by atoms with E-state index in [-0.39, 0.29) is 19.1 Å². The number of rotatable bonds is 32. The number of phosphoric ester groups is 1. The van der Waals surface area contributed by atoms with E-state index in [2.05, 4.69) is 29.6 Å². The Balaban J connectivity index is 1.30. The van der Waals surface area contributed by atoms with Crippen molar-refractivity contribution in [3.8, 4) is 0 Å². The van der Waals surface area contributed by atoms with E-state index in [4.69, 9.17) is 13.8 Å². The molecule has 0 saturated carbocycles. The highest BCUT2D eigenvalue weighted by molar-refractivity contribution is 7.45. The smallest absolute Gasteiger partial charge is 0.268 e. The number of likely N-dealkylation sites (N-methyl/N-ethyl adjacent to an activating group) is 1. The molecule has 0 aliphatic carbocycles. The van der Waals surface area contributed by atoms with Crippen LogP contribution in [0.25, 0.3) is 0 Å². The van der Waals surface area contributed by atoms with Gasteiger partial charge in [0.1, 0.15) is 13.2 Å². The fourth-order valence-electron chi connectivity index (χ4n) is 5.78. The first-order valence-corrected chi connectivity index (χ1v) is 21.0. The Hall–Kier alpha value is -2.06. The number of aryl methyl sites for hydroxylation is 1. The van der Waals surface area contributed by atoms with Crippen LogP contribution >= 0.6 is 7.82 Å². The summed E-state index contributed by atoms with van der Waals surface area (Å²) in [7, 11) is 1.82. The maximum atomic E-state index is 12.3. The molecule has 1 N–H and O–H groups in total. The first kappa shape index (κ1) is 44.1. The molecule has 0 spiro atoms. The second-order valence-corrected chi connectivity index (χ2v) is 16.2. The molecule has 50 heavy (non-hydrogen) atoms. The quantitative estimate of drug-likeness (QED) is 0.0460. The number of amides is 1. The van der Waals surface area contributed by atoms with Crippen LogP contribution in [0, 0.1) is 0 Å². The fourth-order valence-corrected chi connectivity index (χ4v) is 6.51. The standard InChI is InChI=1S/C41H69N2O6P/c1-43(2,3)33-36-49-50(45,46)48-35-23-17-15-13-11-9-7-5-4-6-8-10-12-14-16-19-25-38-29-31-40(32-30-38)42-41(44)28-22-24-34-47-37-39-26-20-18-21-27-39/h18,20-21,26-27,29-32H,4-17,19,22-25,28,33-37H2,1-3H3,(H-,42,44,45,46). The maximum absolute atomic E-state index is 12.3. The molecular weight excluding hydrogens is 647 g/mol. The molecule has 284 valence electrons. The summed E-state index contributed by atoms with van der Waals surface area (Å²) in [5.74, 6) is 0.0683. The predicted octanol–water partition coefficient (Wildman–Crippen LogP) is 10.0. The van der Waals surface area contributed by atoms with Crippen molar-refractivity contribution in [2.45, 2.75) is 135 Å². The molecule has 2 rings (SSSR count). The summed E-state index contributed by atoms with van der Waals surface area (Å²) in [4.78, 5) is 24.1. The lowest BCUT2D eigenvalue weighted by atomic mass is 10.0. The van der Waals surface area contributed by atoms with Gasteiger partial charge in [-0.25, -0.2) is 0 Å². The lowest BCUT2D eigenvalue weighted by molar-refractivity contribution is -0.870. The highest BCUT2D eigenvalue weighted by Gasteiger charge is 2.13. The van der Waals surface area contributed by atoms with Crippen molar-refractivity contribution in [1.29, 1.82) is 0 Å². The number of anilines is 1. The van der Waals surface area contributed by atoms with Crippen LogP contribution in [0.2, 0.25) is 0 Å². The molecular formula is C41H69N2O6P. The van der Waals surface area contributed by atoms with Crippen molar-refractivity contribution in [2.24, 2.45) is 0 Å². The molecule has 0 radical (unpaired) electrons. The summed E-state index contributed by atoms with van der Waals surface area (Å²) in [6, 6.07) is 18.5. The number of hydrogen-bond acceptors (Lipinski definition) is 6. The number of carbonyl (C=O) groups excluding carboxylic acids is 1. The van der Waals surface area contributed by atoms with Gasteiger partial charge in [0.2, 0.25) is 5.91 Å². The molecule has 0 bridgehead atoms. The van der Waals surface area contributed by atoms with Crippen LogP contribution in [-0.2, 0) is 36.2 Å². The molecule has 0 aliphatic rings. The maximum Gasteiger partial charge on any atom is 0.268 e. The Labute approximate surface area is 304 Å². The van der Waals surface area contributed by atoms with Crippen molar-refractivity contribution in [1.82, 2.24) is 0 Å². The zero-order chi connectivity index (χ0) is 36.2. The van der Waals surface area contributed by atoms with Crippen molar-refractivity contribution in [2.75, 3.05) is 52.8 Å². The highest BCUT2D eigenvalue weighted by Crippen LogP contribution is 2.38. The number of carbonyl (C=O) groups is 1. The largest absolute Gasteiger partial charge is 0.756 e. The predicted molar refractivity (Wildman–Crippen MR) is 205 cm³/mol. The molecule has 0 aliphatic heterocycles. The van der Waals surface area contributed by atoms with Crippen molar-refractivity contribution < 1.29 is 32.5 Å². The molecule has 2 aromatic rings. The van der Waals surface area contributed by atoms with Crippen molar-refractivity contribution >= 4 is 19.4 Å². The molecule has 1 atom stereocenters. The molecule has 0 saturated heterocycles. The molecule has 2 aromatic carbocycles. The molecule has 1 amide bonds. The van der Waals surface area contributed by atoms with Gasteiger partial charge in [0, 0.05) is 18.7 Å². The van der Waals surface area contributed by atoms with E-state index >= 15 is 0 Å². The third-order valence-corrected chi connectivity index (χ3v) is 9.91. The minimum Gasteiger partial charge on any atom is -0.756 e. The normalized spacial score (nSPS) is 13.0. The van der Waals surface area contributed by atoms with Crippen molar-refractivity contribution in [3.05, 3.63) is 65.7 Å². The van der Waals surface area contributed by atoms with Crippen LogP contribution in [0.1, 0.15) is 133 Å². The van der Waals surface area contributed by atoms with E-state index in [1.807, 2.05) is 51.5 Å². The van der Waals surface area contributed by atoms with E-state index in [1.54, 1.807) is 0 Å². The molecule has 0 aromatic heterocycles. The van der Waals surface area contributed by atoms with E-state index in [0.717, 1.165) is 44.2 Å². The Morgan fingerprint density at radius 2 is 1.12 bits per heavy atom. The van der Waals surface area contributed by atoms with E-state index in [1.165, 1.54) is 94.6 Å². The minimum atomic E-state index is -4.17. The topological polar surface area (TPSA) is 96.9 Å². The van der Waals surface area contributed by atoms with Gasteiger partial charge < -0.3 is 28.5 Å². The number of quaternary nitrogens is 1. The number of benzene rings is 2. The summed E-state index contributed by atoms with van der Waals surface area (Å²) in [6.45, 7) is 2.29. The summed E-state index contributed by atoms with van der Waals surface area (Å²) in [5.41, 5.74) is 3.40. The number of ether oxygens (including phenoxy) is 1. The molecule has 8 nitrogen and oxygen atoms in total. The number of nitrogens with zero attached hydrogens (tertiary/aromatic N) is 1. The summed E-state index contributed by atoms with van der Waals surface area (Å²) in [6.07, 6.45) is 23.2. The second-order valence-electron chi connectivity index (χ2n) is 14.8. The van der Waals surface area contributed by atoms with Gasteiger partial charge in [-0.05, 0) is 55.4 Å². The van der Waals surface area contributed by atoms with Crippen LogP contribution < -0.4 is 10.2 Å². The van der Waals surface area contributed by atoms with Crippen LogP contribution in [-0.4, -0.2) is 57.9 Å². The van der Waals surface area contributed by atoms with Crippen molar-refractivity contribution in [3.63, 3.8) is 0 Å². The molecule has 0 heterocycles. The third-order valence-electron chi connectivity index (χ3n) is 8.91. The minimum absolute atomic E-state index is 0.0683. The van der Waals surface area contributed by atoms with E-state index in [0.29, 0.717) is 30.7 Å². The lowest BCUT2D eigenvalue weighted by Crippen LogP contribution is -2.37. The van der Waals surface area contributed by atoms with Gasteiger partial charge in [-0.2, -0.15) is 0 Å². The van der Waals surface area contributed by atoms with E-state index in [9.17, 15) is 14.3 Å². The highest BCUT2D eigenvalue weighted by atomic mass is 31.2. The van der Waals surface area contributed by atoms with Gasteiger partial charge in [-0.3, -0.25) is 9.36 Å². The lowest BCUT2D eigenvalue weighted by Gasteiger charge is -2.27. The summed E-state index contributed by atoms with van der Waals surface area (Å²) >= 11 is 0. The Kier molecular flexibility index (Phi) is 24.3. The zero-order valence-electron chi connectivity index (χ0n) is 31.7. The average Bonchev–Trinajstić information content (AvgIpc) is 3.08. The number of hydrogen-bond donors (Lipinski definition) is 1. The Bertz CT molecular complexity index is 1160. The zero-order valence-corrected chi connectivity index (χ0v) is 32.6. The van der Waals surface area contributed by atoms with Crippen LogP contribution in [0.3, 0.4) is 0 Å². The van der Waals surface area contributed by atoms with Crippen LogP contribution in [0.5, 0.6) is 0 Å². The molecule has 1 unspecified atom stereocenters. The Morgan fingerprint density at radius 1 is 0.620 bits per heavy atom. The monoisotopic (exact) mass is 716 g/mol. The summed E-state index contributed by atoms with van der Waals surface area (Å²) in [5, 5.41) is 3.02. The van der Waals surface area contributed by atoms with Gasteiger partial charge >= 0.3 is 0 Å². The van der Waals surface area contributed by atoms with Crippen LogP contribution in [0.4, 0.5) is 5.69 Å². The first-order chi connectivity index (χ1) is 24.1. The Morgan fingerprint density at radius 3 is 1.68 bits per heavy atom. The third kappa shape index (κ3) is 25.8. The van der Waals surface area contributed by atoms with Gasteiger partial charge in [0.05, 0.1) is 34.4 Å². The number of nitrogens with one attached hydrogen (secondary N) is 1. The van der Waals surface area contributed by atoms with Gasteiger partial charge in [-0.1, -0.05) is 132 Å². The van der Waals surface area contributed by atoms with Gasteiger partial charge in [-0.15, -0.1) is 0 Å². The molecule has 0 fully saturated rings. The molecule has 9 heteroatoms. The van der Waals surface area contributed by atoms with Gasteiger partial charge in [0.25, 0.3) is 7.82 Å². The summed E-state index contributed by atoms with van der Waals surface area (Å²) < 4.78 is 28.0. The second kappa shape index (κ2) is 27.6. The number of unbranched alkanes of at least 4 members (excludes halogenated alkanes) is 16. The first-order valence-electron chi connectivity index (χ1n) is 19.5. The fraction of sp³-hybridized carbons (Fsp3) is 0.683. The average molecular weight is 717 g/mol. The number of phosphoric acid groups is 1. The van der Waals surface area contributed by atoms with Gasteiger partial charge in [0.15, 0.2) is 0 Å².